The fourth-order valence-corrected chi connectivity index (χ4v) is 13.8. The van der Waals surface area contributed by atoms with Crippen molar-refractivity contribution >= 4 is 60.7 Å². The van der Waals surface area contributed by atoms with E-state index in [1.165, 1.54) is 88.1 Å². The third kappa shape index (κ3) is 10.3. The number of rotatable bonds is 13. The number of fused-ring (bicyclic) bond motifs is 6. The van der Waals surface area contributed by atoms with Gasteiger partial charge in [-0.1, -0.05) is 255 Å². The van der Waals surface area contributed by atoms with E-state index in [0.29, 0.717) is 0 Å². The number of aromatic nitrogens is 2. The van der Waals surface area contributed by atoms with Crippen molar-refractivity contribution in [3.05, 3.63) is 370 Å². The highest BCUT2D eigenvalue weighted by Gasteiger charge is 2.19. The zero-order valence-corrected chi connectivity index (χ0v) is 51.1. The van der Waals surface area contributed by atoms with Gasteiger partial charge in [-0.2, -0.15) is 0 Å². The van der Waals surface area contributed by atoms with E-state index in [1.807, 2.05) is 0 Å². The molecule has 0 N–H and O–H groups in total. The molecule has 15 aromatic carbocycles. The Morgan fingerprint density at radius 3 is 0.699 bits per heavy atom. The minimum atomic E-state index is 1.08. The predicted octanol–water partition coefficient (Wildman–Crippen LogP) is 24.7. The third-order valence-electron chi connectivity index (χ3n) is 18.6. The molecule has 0 saturated carbocycles. The summed E-state index contributed by atoms with van der Waals surface area (Å²) in [4.78, 5) is 2.35. The van der Waals surface area contributed by atoms with Crippen LogP contribution >= 0.6 is 0 Å². The Bertz CT molecular complexity index is 5220. The second kappa shape index (κ2) is 23.6. The van der Waals surface area contributed by atoms with E-state index in [9.17, 15) is 0 Å². The Kier molecular flexibility index (Phi) is 13.9. The molecule has 0 bridgehead atoms. The van der Waals surface area contributed by atoms with Crippen molar-refractivity contribution in [3.63, 3.8) is 0 Å². The maximum atomic E-state index is 2.41. The zero-order valence-electron chi connectivity index (χ0n) is 51.1. The molecule has 0 aliphatic rings. The number of hydrogen-bond acceptors (Lipinski definition) is 1. The molecule has 0 aliphatic carbocycles. The van der Waals surface area contributed by atoms with Crippen molar-refractivity contribution in [3.8, 4) is 100 Å². The lowest BCUT2D eigenvalue weighted by Crippen LogP contribution is -2.09. The van der Waals surface area contributed by atoms with Gasteiger partial charge in [0.1, 0.15) is 0 Å². The first kappa shape index (κ1) is 54.8. The van der Waals surface area contributed by atoms with Crippen molar-refractivity contribution in [2.24, 2.45) is 0 Å². The van der Waals surface area contributed by atoms with Crippen LogP contribution in [0.4, 0.5) is 17.1 Å². The topological polar surface area (TPSA) is 13.1 Å². The van der Waals surface area contributed by atoms with Gasteiger partial charge in [0, 0.05) is 50.0 Å². The minimum absolute atomic E-state index is 1.08. The highest BCUT2D eigenvalue weighted by Crippen LogP contribution is 2.43. The van der Waals surface area contributed by atoms with E-state index < -0.39 is 0 Å². The normalized spacial score (nSPS) is 11.4. The molecule has 3 nitrogen and oxygen atoms in total. The Labute approximate surface area is 541 Å². The van der Waals surface area contributed by atoms with Gasteiger partial charge in [0.2, 0.25) is 0 Å². The summed E-state index contributed by atoms with van der Waals surface area (Å²) in [6.45, 7) is 0. The van der Waals surface area contributed by atoms with E-state index in [-0.39, 0.29) is 0 Å². The maximum Gasteiger partial charge on any atom is 0.0541 e. The highest BCUT2D eigenvalue weighted by atomic mass is 15.1. The molecule has 436 valence electrons. The van der Waals surface area contributed by atoms with E-state index in [2.05, 4.69) is 384 Å². The van der Waals surface area contributed by atoms with Gasteiger partial charge in [-0.3, -0.25) is 0 Å². The number of hydrogen-bond donors (Lipinski definition) is 0. The third-order valence-corrected chi connectivity index (χ3v) is 18.6. The lowest BCUT2D eigenvalue weighted by Gasteiger charge is -2.26. The first-order valence-electron chi connectivity index (χ1n) is 31.9. The van der Waals surface area contributed by atoms with Crippen LogP contribution in [0.2, 0.25) is 0 Å². The second-order valence-electron chi connectivity index (χ2n) is 24.1. The fourth-order valence-electron chi connectivity index (χ4n) is 13.8. The van der Waals surface area contributed by atoms with Gasteiger partial charge < -0.3 is 14.0 Å². The second-order valence-corrected chi connectivity index (χ2v) is 24.1. The average molecular weight is 1180 g/mol. The summed E-state index contributed by atoms with van der Waals surface area (Å²) in [5.41, 5.74) is 29.1. The van der Waals surface area contributed by atoms with Crippen LogP contribution in [0.15, 0.2) is 370 Å². The summed E-state index contributed by atoms with van der Waals surface area (Å²) >= 11 is 0. The lowest BCUT2D eigenvalue weighted by atomic mass is 9.91. The number of para-hydroxylation sites is 2. The van der Waals surface area contributed by atoms with E-state index in [1.54, 1.807) is 0 Å². The summed E-state index contributed by atoms with van der Waals surface area (Å²) in [7, 11) is 0. The molecule has 2 heterocycles. The molecular formula is C90H61N3. The van der Waals surface area contributed by atoms with Crippen molar-refractivity contribution in [2.75, 3.05) is 4.90 Å². The molecule has 0 fully saturated rings. The van der Waals surface area contributed by atoms with E-state index in [0.717, 1.165) is 72.9 Å². The van der Waals surface area contributed by atoms with Gasteiger partial charge in [0.15, 0.2) is 0 Å². The summed E-state index contributed by atoms with van der Waals surface area (Å²) < 4.78 is 4.82. The molecule has 0 saturated heterocycles. The monoisotopic (exact) mass is 1180 g/mol. The molecule has 0 amide bonds. The highest BCUT2D eigenvalue weighted by molar-refractivity contribution is 6.12. The quantitative estimate of drug-likeness (QED) is 0.112. The van der Waals surface area contributed by atoms with Crippen LogP contribution in [-0.4, -0.2) is 9.13 Å². The molecule has 0 unspecified atom stereocenters. The molecule has 0 spiro atoms. The van der Waals surface area contributed by atoms with Gasteiger partial charge in [-0.05, 0) is 204 Å². The predicted molar refractivity (Wildman–Crippen MR) is 393 cm³/mol. The van der Waals surface area contributed by atoms with Crippen LogP contribution in [-0.2, 0) is 0 Å². The Morgan fingerprint density at radius 1 is 0.151 bits per heavy atom. The van der Waals surface area contributed by atoms with Crippen LogP contribution in [0.3, 0.4) is 0 Å². The Balaban J connectivity index is 0.748. The van der Waals surface area contributed by atoms with Crippen LogP contribution in [0.1, 0.15) is 0 Å². The number of nitrogens with zero attached hydrogens (tertiary/aromatic N) is 3. The average Bonchev–Trinajstić information content (AvgIpc) is 1.62. The first-order chi connectivity index (χ1) is 46.1. The standard InChI is InChI=1S/C90H61N3/c1-5-17-62(18-6-1)67-33-45-78(46-34-67)91(79-47-35-68(36-48-79)63-19-7-2-8-20-63)80-49-37-71(38-50-80)66-29-31-72(32-30-66)75-57-76(73-43-55-89-85(60-73)83-25-13-15-27-87(83)92(89)81-51-39-69(40-52-81)64-21-9-3-10-22-64)59-77(58-75)74-44-56-90-86(61-74)84-26-14-16-28-88(84)93(90)82-53-41-70(42-54-82)65-23-11-4-12-24-65/h1-61H. The van der Waals surface area contributed by atoms with Crippen molar-refractivity contribution < 1.29 is 0 Å². The SMILES string of the molecule is c1ccc(-c2ccc(N(c3ccc(-c4ccccc4)cc3)c3ccc(-c4ccc(-c5cc(-c6ccc7c(c6)c6ccccc6n7-c6ccc(-c7ccccc7)cc6)cc(-c6ccc7c(c6)c6ccccc6n7-c6ccc(-c7ccccc7)cc6)c5)cc4)cc3)cc2)cc1. The van der Waals surface area contributed by atoms with E-state index in [4.69, 9.17) is 0 Å². The molecule has 0 radical (unpaired) electrons. The van der Waals surface area contributed by atoms with Gasteiger partial charge in [-0.15, -0.1) is 0 Å². The first-order valence-corrected chi connectivity index (χ1v) is 31.9. The smallest absolute Gasteiger partial charge is 0.0541 e. The largest absolute Gasteiger partial charge is 0.311 e. The van der Waals surface area contributed by atoms with Crippen LogP contribution in [0.5, 0.6) is 0 Å². The summed E-state index contributed by atoms with van der Waals surface area (Å²) in [5.74, 6) is 0. The van der Waals surface area contributed by atoms with Gasteiger partial charge in [0.25, 0.3) is 0 Å². The molecule has 2 aromatic heterocycles. The zero-order chi connectivity index (χ0) is 61.6. The molecule has 0 aliphatic heterocycles. The number of benzene rings is 15. The maximum absolute atomic E-state index is 2.41. The van der Waals surface area contributed by atoms with Crippen LogP contribution in [0.25, 0.3) is 144 Å². The van der Waals surface area contributed by atoms with Gasteiger partial charge >= 0.3 is 0 Å². The molecule has 17 rings (SSSR count). The molecule has 93 heavy (non-hydrogen) atoms. The van der Waals surface area contributed by atoms with E-state index >= 15 is 0 Å². The van der Waals surface area contributed by atoms with Crippen LogP contribution in [0, 0.1) is 0 Å². The summed E-state index contributed by atoms with van der Waals surface area (Å²) in [6.07, 6.45) is 0. The van der Waals surface area contributed by atoms with Gasteiger partial charge in [0.05, 0.1) is 22.1 Å². The Hall–Kier alpha value is -12.3. The van der Waals surface area contributed by atoms with Crippen molar-refractivity contribution in [2.45, 2.75) is 0 Å². The lowest BCUT2D eigenvalue weighted by molar-refractivity contribution is 1.18. The molecule has 0 atom stereocenters. The fraction of sp³-hybridized carbons (Fsp3) is 0. The molecule has 3 heteroatoms. The van der Waals surface area contributed by atoms with Gasteiger partial charge in [-0.25, -0.2) is 0 Å². The minimum Gasteiger partial charge on any atom is -0.311 e. The molecule has 17 aromatic rings. The van der Waals surface area contributed by atoms with Crippen molar-refractivity contribution in [1.82, 2.24) is 9.13 Å². The van der Waals surface area contributed by atoms with Crippen LogP contribution < -0.4 is 4.90 Å². The Morgan fingerprint density at radius 2 is 0.376 bits per heavy atom. The number of anilines is 3. The summed E-state index contributed by atoms with van der Waals surface area (Å²) in [5, 5.41) is 4.88. The molecular weight excluding hydrogens is 1120 g/mol. The summed E-state index contributed by atoms with van der Waals surface area (Å²) in [6, 6.07) is 135. The van der Waals surface area contributed by atoms with Crippen molar-refractivity contribution in [1.29, 1.82) is 0 Å².